The lowest BCUT2D eigenvalue weighted by molar-refractivity contribution is -0.107. The molecule has 1 heterocycles. The number of aromatic amines is 1. The molecule has 5 nitrogen and oxygen atoms in total. The summed E-state index contributed by atoms with van der Waals surface area (Å²) in [5, 5.41) is 8.76. The SMILES string of the molecule is O=CCc1nc2cc(C(=O)O)ccc2[nH]1. The number of hydrogen-bond donors (Lipinski definition) is 2. The van der Waals surface area contributed by atoms with Crippen LogP contribution in [0, 0.1) is 0 Å². The monoisotopic (exact) mass is 204 g/mol. The van der Waals surface area contributed by atoms with Crippen molar-refractivity contribution in [3.8, 4) is 0 Å². The van der Waals surface area contributed by atoms with Gasteiger partial charge in [0.15, 0.2) is 0 Å². The number of hydrogen-bond acceptors (Lipinski definition) is 3. The third-order valence-electron chi connectivity index (χ3n) is 2.06. The minimum atomic E-state index is -0.989. The number of rotatable bonds is 3. The van der Waals surface area contributed by atoms with E-state index >= 15 is 0 Å². The molecule has 0 saturated carbocycles. The Kier molecular flexibility index (Phi) is 2.21. The molecule has 0 bridgehead atoms. The fraction of sp³-hybridized carbons (Fsp3) is 0.100. The Morgan fingerprint density at radius 3 is 3.00 bits per heavy atom. The van der Waals surface area contributed by atoms with Gasteiger partial charge in [0.05, 0.1) is 23.0 Å². The number of nitrogens with zero attached hydrogens (tertiary/aromatic N) is 1. The van der Waals surface area contributed by atoms with E-state index in [0.717, 1.165) is 11.8 Å². The van der Waals surface area contributed by atoms with Crippen LogP contribution in [0.5, 0.6) is 0 Å². The first-order valence-electron chi connectivity index (χ1n) is 4.36. The fourth-order valence-electron chi connectivity index (χ4n) is 1.37. The molecule has 0 aliphatic heterocycles. The Morgan fingerprint density at radius 1 is 1.53 bits per heavy atom. The van der Waals surface area contributed by atoms with E-state index in [9.17, 15) is 9.59 Å². The maximum atomic E-state index is 10.7. The fourth-order valence-corrected chi connectivity index (χ4v) is 1.37. The molecular formula is C10H8N2O3. The van der Waals surface area contributed by atoms with Crippen molar-refractivity contribution in [1.82, 2.24) is 9.97 Å². The van der Waals surface area contributed by atoms with Gasteiger partial charge in [0.2, 0.25) is 0 Å². The second-order valence-corrected chi connectivity index (χ2v) is 3.09. The second kappa shape index (κ2) is 3.53. The molecule has 0 saturated heterocycles. The van der Waals surface area contributed by atoms with Gasteiger partial charge in [0, 0.05) is 0 Å². The van der Waals surface area contributed by atoms with E-state index in [0.29, 0.717) is 11.3 Å². The summed E-state index contributed by atoms with van der Waals surface area (Å²) in [6, 6.07) is 4.61. The summed E-state index contributed by atoms with van der Waals surface area (Å²) in [7, 11) is 0. The molecule has 0 spiro atoms. The van der Waals surface area contributed by atoms with Crippen molar-refractivity contribution < 1.29 is 14.7 Å². The Hall–Kier alpha value is -2.17. The van der Waals surface area contributed by atoms with Crippen molar-refractivity contribution in [3.63, 3.8) is 0 Å². The molecule has 0 atom stereocenters. The van der Waals surface area contributed by atoms with Gasteiger partial charge < -0.3 is 14.9 Å². The molecule has 1 aromatic heterocycles. The lowest BCUT2D eigenvalue weighted by atomic mass is 10.2. The normalized spacial score (nSPS) is 10.4. The number of aromatic nitrogens is 2. The largest absolute Gasteiger partial charge is 0.478 e. The Bertz CT molecular complexity index is 530. The van der Waals surface area contributed by atoms with Gasteiger partial charge in [0.1, 0.15) is 12.1 Å². The van der Waals surface area contributed by atoms with Gasteiger partial charge in [-0.3, -0.25) is 0 Å². The highest BCUT2D eigenvalue weighted by molar-refractivity contribution is 5.92. The third-order valence-corrected chi connectivity index (χ3v) is 2.06. The van der Waals surface area contributed by atoms with Crippen LogP contribution >= 0.6 is 0 Å². The van der Waals surface area contributed by atoms with E-state index in [2.05, 4.69) is 9.97 Å². The number of aldehydes is 1. The molecule has 2 N–H and O–H groups in total. The number of carbonyl (C=O) groups excluding carboxylic acids is 1. The van der Waals surface area contributed by atoms with E-state index in [1.54, 1.807) is 6.07 Å². The molecule has 0 amide bonds. The van der Waals surface area contributed by atoms with Crippen LogP contribution in [0.3, 0.4) is 0 Å². The van der Waals surface area contributed by atoms with Gasteiger partial charge >= 0.3 is 5.97 Å². The van der Waals surface area contributed by atoms with Crippen molar-refractivity contribution in [2.75, 3.05) is 0 Å². The lowest BCUT2D eigenvalue weighted by Gasteiger charge is -1.92. The van der Waals surface area contributed by atoms with E-state index in [-0.39, 0.29) is 12.0 Å². The highest BCUT2D eigenvalue weighted by atomic mass is 16.4. The molecule has 0 unspecified atom stereocenters. The summed E-state index contributed by atoms with van der Waals surface area (Å²) in [6.07, 6.45) is 0.951. The predicted molar refractivity (Wildman–Crippen MR) is 52.8 cm³/mol. The highest BCUT2D eigenvalue weighted by Crippen LogP contribution is 2.13. The average molecular weight is 204 g/mol. The number of carboxylic acid groups (broad SMARTS) is 1. The quantitative estimate of drug-likeness (QED) is 0.730. The number of imidazole rings is 1. The van der Waals surface area contributed by atoms with E-state index in [4.69, 9.17) is 5.11 Å². The molecule has 2 aromatic rings. The van der Waals surface area contributed by atoms with Crippen LogP contribution < -0.4 is 0 Å². The summed E-state index contributed by atoms with van der Waals surface area (Å²) >= 11 is 0. The zero-order chi connectivity index (χ0) is 10.8. The molecule has 2 rings (SSSR count). The topological polar surface area (TPSA) is 83.1 Å². The number of H-pyrrole nitrogens is 1. The van der Waals surface area contributed by atoms with Gasteiger partial charge in [-0.1, -0.05) is 0 Å². The van der Waals surface area contributed by atoms with Gasteiger partial charge in [-0.25, -0.2) is 9.78 Å². The smallest absolute Gasteiger partial charge is 0.335 e. The van der Waals surface area contributed by atoms with Gasteiger partial charge in [-0.05, 0) is 18.2 Å². The van der Waals surface area contributed by atoms with Crippen molar-refractivity contribution >= 4 is 23.3 Å². The van der Waals surface area contributed by atoms with Crippen LogP contribution in [-0.4, -0.2) is 27.3 Å². The minimum absolute atomic E-state index is 0.187. The van der Waals surface area contributed by atoms with Crippen LogP contribution in [0.2, 0.25) is 0 Å². The molecule has 0 radical (unpaired) electrons. The van der Waals surface area contributed by atoms with Crippen molar-refractivity contribution in [2.45, 2.75) is 6.42 Å². The van der Waals surface area contributed by atoms with Crippen molar-refractivity contribution in [3.05, 3.63) is 29.6 Å². The summed E-state index contributed by atoms with van der Waals surface area (Å²) in [4.78, 5) is 28.0. The van der Waals surface area contributed by atoms with Crippen LogP contribution in [0.25, 0.3) is 11.0 Å². The number of benzene rings is 1. The molecule has 0 fully saturated rings. The highest BCUT2D eigenvalue weighted by Gasteiger charge is 2.06. The molecule has 0 aliphatic rings. The molecule has 0 aliphatic carbocycles. The number of carboxylic acids is 1. The predicted octanol–water partition coefficient (Wildman–Crippen LogP) is 1.00. The van der Waals surface area contributed by atoms with E-state index in [1.165, 1.54) is 12.1 Å². The van der Waals surface area contributed by atoms with E-state index < -0.39 is 5.97 Å². The molecule has 5 heteroatoms. The number of carbonyl (C=O) groups is 2. The van der Waals surface area contributed by atoms with Crippen LogP contribution in [0.15, 0.2) is 18.2 Å². The van der Waals surface area contributed by atoms with Crippen molar-refractivity contribution in [1.29, 1.82) is 0 Å². The summed E-state index contributed by atoms with van der Waals surface area (Å²) in [5.74, 6) is -0.445. The Balaban J connectivity index is 2.51. The standard InChI is InChI=1S/C10H8N2O3/c13-4-3-9-11-7-2-1-6(10(14)15)5-8(7)12-9/h1-2,4-5H,3H2,(H,11,12)(H,14,15). The lowest BCUT2D eigenvalue weighted by Crippen LogP contribution is -1.94. The van der Waals surface area contributed by atoms with Gasteiger partial charge in [-0.2, -0.15) is 0 Å². The molecule has 1 aromatic carbocycles. The van der Waals surface area contributed by atoms with Gasteiger partial charge in [-0.15, -0.1) is 0 Å². The third kappa shape index (κ3) is 1.71. The molecule has 15 heavy (non-hydrogen) atoms. The second-order valence-electron chi connectivity index (χ2n) is 3.09. The number of fused-ring (bicyclic) bond motifs is 1. The van der Waals surface area contributed by atoms with Crippen LogP contribution in [-0.2, 0) is 11.2 Å². The molecule has 76 valence electrons. The first-order chi connectivity index (χ1) is 7.20. The minimum Gasteiger partial charge on any atom is -0.478 e. The van der Waals surface area contributed by atoms with Gasteiger partial charge in [0.25, 0.3) is 0 Å². The zero-order valence-electron chi connectivity index (χ0n) is 7.73. The maximum Gasteiger partial charge on any atom is 0.335 e. The number of aromatic carboxylic acids is 1. The summed E-state index contributed by atoms with van der Waals surface area (Å²) in [5.41, 5.74) is 1.48. The average Bonchev–Trinajstić information content (AvgIpc) is 2.59. The first-order valence-corrected chi connectivity index (χ1v) is 4.36. The first kappa shape index (κ1) is 9.39. The zero-order valence-corrected chi connectivity index (χ0v) is 7.73. The summed E-state index contributed by atoms with van der Waals surface area (Å²) in [6.45, 7) is 0. The van der Waals surface area contributed by atoms with E-state index in [1.807, 2.05) is 0 Å². The van der Waals surface area contributed by atoms with Crippen LogP contribution in [0.4, 0.5) is 0 Å². The van der Waals surface area contributed by atoms with Crippen LogP contribution in [0.1, 0.15) is 16.2 Å². The Labute approximate surface area is 84.8 Å². The molecular weight excluding hydrogens is 196 g/mol. The Morgan fingerprint density at radius 2 is 2.33 bits per heavy atom. The summed E-state index contributed by atoms with van der Waals surface area (Å²) < 4.78 is 0. The number of nitrogens with one attached hydrogen (secondary N) is 1. The maximum absolute atomic E-state index is 10.7. The van der Waals surface area contributed by atoms with Crippen molar-refractivity contribution in [2.24, 2.45) is 0 Å².